The summed E-state index contributed by atoms with van der Waals surface area (Å²) < 4.78 is 10.6. The van der Waals surface area contributed by atoms with Crippen LogP contribution in [0.4, 0.5) is 0 Å². The van der Waals surface area contributed by atoms with Crippen LogP contribution in [-0.4, -0.2) is 44.2 Å². The minimum atomic E-state index is 0.0349. The zero-order valence-electron chi connectivity index (χ0n) is 11.2. The van der Waals surface area contributed by atoms with Gasteiger partial charge in [0.2, 0.25) is 0 Å². The van der Waals surface area contributed by atoms with Crippen LogP contribution in [0.15, 0.2) is 12.1 Å². The number of carbonyl (C=O) groups is 1. The quantitative estimate of drug-likeness (QED) is 0.802. The Bertz CT molecular complexity index is 451. The van der Waals surface area contributed by atoms with E-state index in [4.69, 9.17) is 9.47 Å². The smallest absolute Gasteiger partial charge is 0.258 e. The molecule has 0 bridgehead atoms. The first-order valence-electron chi connectivity index (χ1n) is 6.15. The minimum Gasteiger partial charge on any atom is -0.496 e. The van der Waals surface area contributed by atoms with Crippen molar-refractivity contribution in [1.29, 1.82) is 0 Å². The van der Waals surface area contributed by atoms with Crippen molar-refractivity contribution in [2.45, 2.75) is 13.8 Å². The number of amides is 1. The van der Waals surface area contributed by atoms with Crippen molar-refractivity contribution in [2.24, 2.45) is 0 Å². The van der Waals surface area contributed by atoms with E-state index in [1.807, 2.05) is 30.9 Å². The lowest BCUT2D eigenvalue weighted by molar-refractivity contribution is 0.0300. The van der Waals surface area contributed by atoms with Crippen molar-refractivity contribution >= 4 is 5.91 Å². The topological polar surface area (TPSA) is 38.8 Å². The van der Waals surface area contributed by atoms with Crippen LogP contribution < -0.4 is 4.74 Å². The Labute approximate surface area is 107 Å². The number of hydrogen-bond acceptors (Lipinski definition) is 3. The fraction of sp³-hybridized carbons (Fsp3) is 0.500. The largest absolute Gasteiger partial charge is 0.496 e. The lowest BCUT2D eigenvalue weighted by Crippen LogP contribution is -2.41. The minimum absolute atomic E-state index is 0.0349. The number of rotatable bonds is 2. The number of ether oxygens (including phenoxy) is 2. The number of nitrogens with zero attached hydrogens (tertiary/aromatic N) is 1. The highest BCUT2D eigenvalue weighted by atomic mass is 16.5. The molecule has 0 atom stereocenters. The van der Waals surface area contributed by atoms with E-state index >= 15 is 0 Å². The van der Waals surface area contributed by atoms with Gasteiger partial charge in [0.15, 0.2) is 0 Å². The fourth-order valence-corrected chi connectivity index (χ4v) is 2.29. The molecule has 1 heterocycles. The van der Waals surface area contributed by atoms with Gasteiger partial charge in [-0.15, -0.1) is 0 Å². The first-order chi connectivity index (χ1) is 8.63. The molecule has 0 aliphatic carbocycles. The second kappa shape index (κ2) is 5.40. The van der Waals surface area contributed by atoms with E-state index in [0.717, 1.165) is 11.1 Å². The standard InChI is InChI=1S/C14H19NO3/c1-10-8-11(2)13(12(9-10)17-3)14(16)15-4-6-18-7-5-15/h8-9H,4-7H2,1-3H3. The van der Waals surface area contributed by atoms with Gasteiger partial charge in [0.1, 0.15) is 5.75 Å². The molecule has 2 rings (SSSR count). The Balaban J connectivity index is 2.34. The number of benzene rings is 1. The van der Waals surface area contributed by atoms with Crippen molar-refractivity contribution in [1.82, 2.24) is 4.90 Å². The third-order valence-electron chi connectivity index (χ3n) is 3.18. The maximum atomic E-state index is 12.5. The SMILES string of the molecule is COc1cc(C)cc(C)c1C(=O)N1CCOCC1. The zero-order chi connectivity index (χ0) is 13.1. The van der Waals surface area contributed by atoms with Crippen LogP contribution >= 0.6 is 0 Å². The summed E-state index contributed by atoms with van der Waals surface area (Å²) in [5.41, 5.74) is 2.73. The number of carbonyl (C=O) groups excluding carboxylic acids is 1. The lowest BCUT2D eigenvalue weighted by Gasteiger charge is -2.28. The van der Waals surface area contributed by atoms with Gasteiger partial charge in [0, 0.05) is 13.1 Å². The van der Waals surface area contributed by atoms with E-state index in [-0.39, 0.29) is 5.91 Å². The normalized spacial score (nSPS) is 15.6. The molecule has 1 amide bonds. The third kappa shape index (κ3) is 2.48. The molecule has 1 aromatic carbocycles. The predicted octanol–water partition coefficient (Wildman–Crippen LogP) is 1.78. The molecule has 98 valence electrons. The van der Waals surface area contributed by atoms with E-state index in [9.17, 15) is 4.79 Å². The van der Waals surface area contributed by atoms with Crippen molar-refractivity contribution in [3.05, 3.63) is 28.8 Å². The molecule has 18 heavy (non-hydrogen) atoms. The maximum absolute atomic E-state index is 12.5. The van der Waals surface area contributed by atoms with Crippen LogP contribution in [-0.2, 0) is 4.74 Å². The van der Waals surface area contributed by atoms with E-state index in [1.165, 1.54) is 0 Å². The molecular formula is C14H19NO3. The molecule has 1 saturated heterocycles. The van der Waals surface area contributed by atoms with Crippen molar-refractivity contribution in [3.8, 4) is 5.75 Å². The predicted molar refractivity (Wildman–Crippen MR) is 69.2 cm³/mol. The Morgan fingerprint density at radius 2 is 1.94 bits per heavy atom. The summed E-state index contributed by atoms with van der Waals surface area (Å²) in [4.78, 5) is 14.3. The molecule has 1 fully saturated rings. The highest BCUT2D eigenvalue weighted by Crippen LogP contribution is 2.25. The summed E-state index contributed by atoms with van der Waals surface area (Å²) in [5.74, 6) is 0.691. The maximum Gasteiger partial charge on any atom is 0.258 e. The Morgan fingerprint density at radius 3 is 2.56 bits per heavy atom. The first-order valence-corrected chi connectivity index (χ1v) is 6.15. The number of morpholine rings is 1. The number of aryl methyl sites for hydroxylation is 2. The Hall–Kier alpha value is -1.55. The summed E-state index contributed by atoms with van der Waals surface area (Å²) in [6.45, 7) is 6.46. The molecule has 1 aliphatic heterocycles. The van der Waals surface area contributed by atoms with Gasteiger partial charge in [-0.25, -0.2) is 0 Å². The van der Waals surface area contributed by atoms with Crippen LogP contribution in [0.25, 0.3) is 0 Å². The fourth-order valence-electron chi connectivity index (χ4n) is 2.29. The third-order valence-corrected chi connectivity index (χ3v) is 3.18. The zero-order valence-corrected chi connectivity index (χ0v) is 11.2. The Morgan fingerprint density at radius 1 is 1.28 bits per heavy atom. The monoisotopic (exact) mass is 249 g/mol. The van der Waals surface area contributed by atoms with Crippen molar-refractivity contribution < 1.29 is 14.3 Å². The van der Waals surface area contributed by atoms with E-state index < -0.39 is 0 Å². The van der Waals surface area contributed by atoms with Crippen molar-refractivity contribution in [2.75, 3.05) is 33.4 Å². The van der Waals surface area contributed by atoms with Gasteiger partial charge >= 0.3 is 0 Å². The molecular weight excluding hydrogens is 230 g/mol. The van der Waals surface area contributed by atoms with Gasteiger partial charge < -0.3 is 14.4 Å². The van der Waals surface area contributed by atoms with Gasteiger partial charge in [-0.3, -0.25) is 4.79 Å². The average molecular weight is 249 g/mol. The second-order valence-corrected chi connectivity index (χ2v) is 4.56. The summed E-state index contributed by atoms with van der Waals surface area (Å²) in [6.07, 6.45) is 0. The molecule has 0 radical (unpaired) electrons. The van der Waals surface area contributed by atoms with Crippen LogP contribution in [0.5, 0.6) is 5.75 Å². The summed E-state index contributed by atoms with van der Waals surface area (Å²) in [5, 5.41) is 0. The van der Waals surface area contributed by atoms with E-state index in [1.54, 1.807) is 7.11 Å². The molecule has 1 aliphatic rings. The van der Waals surface area contributed by atoms with E-state index in [2.05, 4.69) is 0 Å². The van der Waals surface area contributed by atoms with Crippen LogP contribution in [0.3, 0.4) is 0 Å². The van der Waals surface area contributed by atoms with E-state index in [0.29, 0.717) is 37.6 Å². The average Bonchev–Trinajstić information content (AvgIpc) is 2.38. The van der Waals surface area contributed by atoms with Crippen LogP contribution in [0.1, 0.15) is 21.5 Å². The molecule has 4 nitrogen and oxygen atoms in total. The van der Waals surface area contributed by atoms with Crippen LogP contribution in [0.2, 0.25) is 0 Å². The highest BCUT2D eigenvalue weighted by Gasteiger charge is 2.23. The van der Waals surface area contributed by atoms with Gasteiger partial charge in [-0.2, -0.15) is 0 Å². The van der Waals surface area contributed by atoms with Gasteiger partial charge in [0.25, 0.3) is 5.91 Å². The second-order valence-electron chi connectivity index (χ2n) is 4.56. The Kier molecular flexibility index (Phi) is 3.87. The van der Waals surface area contributed by atoms with Gasteiger partial charge in [-0.1, -0.05) is 6.07 Å². The summed E-state index contributed by atoms with van der Waals surface area (Å²) in [6, 6.07) is 3.91. The molecule has 0 unspecified atom stereocenters. The van der Waals surface area contributed by atoms with Crippen LogP contribution in [0, 0.1) is 13.8 Å². The number of hydrogen-bond donors (Lipinski definition) is 0. The highest BCUT2D eigenvalue weighted by molar-refractivity contribution is 5.98. The summed E-state index contributed by atoms with van der Waals surface area (Å²) >= 11 is 0. The molecule has 4 heteroatoms. The number of methoxy groups -OCH3 is 1. The molecule has 0 saturated carbocycles. The summed E-state index contributed by atoms with van der Waals surface area (Å²) in [7, 11) is 1.60. The molecule has 0 aromatic heterocycles. The molecule has 0 N–H and O–H groups in total. The molecule has 1 aromatic rings. The first kappa shape index (κ1) is 12.9. The van der Waals surface area contributed by atoms with Gasteiger partial charge in [-0.05, 0) is 31.0 Å². The lowest BCUT2D eigenvalue weighted by atomic mass is 10.0. The molecule has 0 spiro atoms. The van der Waals surface area contributed by atoms with Crippen molar-refractivity contribution in [3.63, 3.8) is 0 Å². The van der Waals surface area contributed by atoms with Gasteiger partial charge in [0.05, 0.1) is 25.9 Å².